The zero-order chi connectivity index (χ0) is 17.9. The van der Waals surface area contributed by atoms with Crippen molar-refractivity contribution in [2.45, 2.75) is 26.2 Å². The second kappa shape index (κ2) is 6.44. The average molecular weight is 331 g/mol. The molecular weight excluding hydrogens is 314 g/mol. The van der Waals surface area contributed by atoms with Crippen LogP contribution in [0.5, 0.6) is 0 Å². The van der Waals surface area contributed by atoms with Crippen LogP contribution in [0.3, 0.4) is 0 Å². The van der Waals surface area contributed by atoms with Gasteiger partial charge in [0.05, 0.1) is 11.1 Å². The number of hydrogen-bond acceptors (Lipinski definition) is 8. The number of nitrogen functional groups attached to an aromatic ring is 1. The van der Waals surface area contributed by atoms with E-state index < -0.39 is 15.9 Å². The van der Waals surface area contributed by atoms with Gasteiger partial charge in [-0.25, -0.2) is 5.43 Å². The lowest BCUT2D eigenvalue weighted by Crippen LogP contribution is -2.38. The number of anilines is 1. The van der Waals surface area contributed by atoms with E-state index in [2.05, 4.69) is 20.7 Å². The van der Waals surface area contributed by atoms with Gasteiger partial charge in [0.2, 0.25) is 0 Å². The lowest BCUT2D eigenvalue weighted by molar-refractivity contribution is -0.384. The summed E-state index contributed by atoms with van der Waals surface area (Å²) in [7, 11) is 0. The van der Waals surface area contributed by atoms with Gasteiger partial charge in [0.25, 0.3) is 17.2 Å². The summed E-state index contributed by atoms with van der Waals surface area (Å²) in [5, 5.41) is 22.3. The SMILES string of the molecule is CC(C)(C)c1nnc(N/N=C/c2cccc([N+](=O)[O-])c2)n(N)c1=O. The van der Waals surface area contributed by atoms with E-state index in [4.69, 9.17) is 5.84 Å². The number of nitrogens with one attached hydrogen (secondary N) is 1. The molecule has 2 aromatic rings. The zero-order valence-electron chi connectivity index (χ0n) is 13.4. The van der Waals surface area contributed by atoms with E-state index in [1.807, 2.05) is 20.8 Å². The Hall–Kier alpha value is -3.30. The number of nitro benzene ring substituents is 1. The minimum absolute atomic E-state index is 0.0466. The molecule has 126 valence electrons. The smallest absolute Gasteiger partial charge is 0.295 e. The number of hydrazone groups is 1. The lowest BCUT2D eigenvalue weighted by Gasteiger charge is -2.16. The Kier molecular flexibility index (Phi) is 4.58. The van der Waals surface area contributed by atoms with Crippen molar-refractivity contribution in [3.8, 4) is 0 Å². The largest absolute Gasteiger partial charge is 0.333 e. The maximum absolute atomic E-state index is 12.2. The van der Waals surface area contributed by atoms with Crippen molar-refractivity contribution >= 4 is 17.9 Å². The molecule has 0 aliphatic heterocycles. The quantitative estimate of drug-likeness (QED) is 0.368. The van der Waals surface area contributed by atoms with Crippen LogP contribution in [0.1, 0.15) is 32.0 Å². The summed E-state index contributed by atoms with van der Waals surface area (Å²) < 4.78 is 0.818. The Morgan fingerprint density at radius 3 is 2.71 bits per heavy atom. The van der Waals surface area contributed by atoms with Gasteiger partial charge in [-0.1, -0.05) is 32.9 Å². The van der Waals surface area contributed by atoms with Gasteiger partial charge in [-0.2, -0.15) is 9.78 Å². The molecule has 0 fully saturated rings. The number of rotatable bonds is 4. The van der Waals surface area contributed by atoms with Crippen molar-refractivity contribution in [1.29, 1.82) is 0 Å². The molecule has 0 unspecified atom stereocenters. The Bertz CT molecular complexity index is 852. The van der Waals surface area contributed by atoms with Gasteiger partial charge in [0.1, 0.15) is 5.69 Å². The maximum Gasteiger partial charge on any atom is 0.295 e. The molecule has 0 aliphatic rings. The summed E-state index contributed by atoms with van der Waals surface area (Å²) in [6.45, 7) is 5.48. The van der Waals surface area contributed by atoms with Gasteiger partial charge in [-0.3, -0.25) is 14.9 Å². The average Bonchev–Trinajstić information content (AvgIpc) is 2.50. The summed E-state index contributed by atoms with van der Waals surface area (Å²) in [5.41, 5.74) is 2.21. The highest BCUT2D eigenvalue weighted by Crippen LogP contribution is 2.15. The van der Waals surface area contributed by atoms with E-state index in [-0.39, 0.29) is 17.3 Å². The van der Waals surface area contributed by atoms with Crippen molar-refractivity contribution in [2.24, 2.45) is 5.10 Å². The number of aromatic nitrogens is 3. The second-order valence-electron chi connectivity index (χ2n) is 6.02. The highest BCUT2D eigenvalue weighted by molar-refractivity contribution is 5.81. The Balaban J connectivity index is 2.21. The molecule has 0 saturated heterocycles. The highest BCUT2D eigenvalue weighted by atomic mass is 16.6. The first kappa shape index (κ1) is 17.1. The summed E-state index contributed by atoms with van der Waals surface area (Å²) >= 11 is 0. The monoisotopic (exact) mass is 331 g/mol. The minimum Gasteiger partial charge on any atom is -0.333 e. The molecule has 10 nitrogen and oxygen atoms in total. The van der Waals surface area contributed by atoms with E-state index in [1.165, 1.54) is 24.4 Å². The first-order chi connectivity index (χ1) is 11.2. The van der Waals surface area contributed by atoms with Crippen molar-refractivity contribution in [1.82, 2.24) is 14.9 Å². The van der Waals surface area contributed by atoms with Crippen molar-refractivity contribution < 1.29 is 4.92 Å². The van der Waals surface area contributed by atoms with Crippen LogP contribution in [0.15, 0.2) is 34.2 Å². The zero-order valence-corrected chi connectivity index (χ0v) is 13.4. The molecule has 0 bridgehead atoms. The highest BCUT2D eigenvalue weighted by Gasteiger charge is 2.22. The number of benzene rings is 1. The third kappa shape index (κ3) is 3.72. The van der Waals surface area contributed by atoms with Gasteiger partial charge >= 0.3 is 0 Å². The van der Waals surface area contributed by atoms with Crippen LogP contribution in [0, 0.1) is 10.1 Å². The second-order valence-corrected chi connectivity index (χ2v) is 6.02. The van der Waals surface area contributed by atoms with Gasteiger partial charge in [0.15, 0.2) is 0 Å². The molecule has 0 aliphatic carbocycles. The summed E-state index contributed by atoms with van der Waals surface area (Å²) in [4.78, 5) is 22.4. The molecule has 0 amide bonds. The number of nitro groups is 1. The van der Waals surface area contributed by atoms with Crippen molar-refractivity contribution in [3.63, 3.8) is 0 Å². The molecule has 0 saturated carbocycles. The Morgan fingerprint density at radius 1 is 1.38 bits per heavy atom. The fourth-order valence-corrected chi connectivity index (χ4v) is 1.83. The number of nitrogens with zero attached hydrogens (tertiary/aromatic N) is 5. The predicted molar refractivity (Wildman–Crippen MR) is 89.5 cm³/mol. The molecule has 2 rings (SSSR count). The van der Waals surface area contributed by atoms with Crippen LogP contribution < -0.4 is 16.8 Å². The van der Waals surface area contributed by atoms with E-state index in [0.29, 0.717) is 5.56 Å². The number of nitrogens with two attached hydrogens (primary N) is 1. The number of hydrogen-bond donors (Lipinski definition) is 2. The fourth-order valence-electron chi connectivity index (χ4n) is 1.83. The van der Waals surface area contributed by atoms with E-state index in [9.17, 15) is 14.9 Å². The van der Waals surface area contributed by atoms with E-state index >= 15 is 0 Å². The molecule has 0 atom stereocenters. The van der Waals surface area contributed by atoms with E-state index in [0.717, 1.165) is 4.68 Å². The molecule has 24 heavy (non-hydrogen) atoms. The molecular formula is C14H17N7O3. The molecule has 1 heterocycles. The van der Waals surface area contributed by atoms with E-state index in [1.54, 1.807) is 6.07 Å². The molecule has 1 aromatic carbocycles. The molecule has 1 aromatic heterocycles. The van der Waals surface area contributed by atoms with Crippen LogP contribution >= 0.6 is 0 Å². The normalized spacial score (nSPS) is 11.6. The fraction of sp³-hybridized carbons (Fsp3) is 0.286. The summed E-state index contributed by atoms with van der Waals surface area (Å²) in [6, 6.07) is 5.91. The van der Waals surface area contributed by atoms with Crippen LogP contribution in [0.4, 0.5) is 11.6 Å². The predicted octanol–water partition coefficient (Wildman–Crippen LogP) is 1.00. The lowest BCUT2D eigenvalue weighted by atomic mass is 9.93. The van der Waals surface area contributed by atoms with Crippen LogP contribution in [-0.4, -0.2) is 26.0 Å². The topological polar surface area (TPSA) is 141 Å². The Labute approximate surface area is 137 Å². The summed E-state index contributed by atoms with van der Waals surface area (Å²) in [5.74, 6) is 5.65. The molecule has 0 spiro atoms. The van der Waals surface area contributed by atoms with Gasteiger partial charge in [-0.15, -0.1) is 10.2 Å². The minimum atomic E-state index is -0.501. The van der Waals surface area contributed by atoms with Gasteiger partial charge < -0.3 is 5.84 Å². The molecule has 0 radical (unpaired) electrons. The molecule has 10 heteroatoms. The third-order valence-corrected chi connectivity index (χ3v) is 3.06. The molecule has 3 N–H and O–H groups in total. The van der Waals surface area contributed by atoms with Crippen molar-refractivity contribution in [2.75, 3.05) is 11.3 Å². The van der Waals surface area contributed by atoms with Crippen molar-refractivity contribution in [3.05, 3.63) is 56.0 Å². The van der Waals surface area contributed by atoms with Gasteiger partial charge in [-0.05, 0) is 0 Å². The first-order valence-electron chi connectivity index (χ1n) is 6.99. The standard InChI is InChI=1S/C14H17N7O3/c1-14(2,3)11-12(22)20(15)13(19-17-11)18-16-8-9-5-4-6-10(7-9)21(23)24/h4-8H,15H2,1-3H3,(H,18,19)/b16-8+. The van der Waals surface area contributed by atoms with Crippen LogP contribution in [-0.2, 0) is 5.41 Å². The Morgan fingerprint density at radius 2 is 2.08 bits per heavy atom. The third-order valence-electron chi connectivity index (χ3n) is 3.06. The summed E-state index contributed by atoms with van der Waals surface area (Å²) in [6.07, 6.45) is 1.34. The van der Waals surface area contributed by atoms with Crippen LogP contribution in [0.2, 0.25) is 0 Å². The maximum atomic E-state index is 12.2. The van der Waals surface area contributed by atoms with Crippen LogP contribution in [0.25, 0.3) is 0 Å². The van der Waals surface area contributed by atoms with Gasteiger partial charge in [0, 0.05) is 23.1 Å². The number of non-ortho nitro benzene ring substituents is 1. The first-order valence-corrected chi connectivity index (χ1v) is 6.99.